The van der Waals surface area contributed by atoms with E-state index >= 15 is 0 Å². The summed E-state index contributed by atoms with van der Waals surface area (Å²) < 4.78 is 25.6. The zero-order valence-corrected chi connectivity index (χ0v) is 28.9. The number of aromatic nitrogens is 2. The summed E-state index contributed by atoms with van der Waals surface area (Å²) in [7, 11) is 0. The number of morpholine rings is 1. The fourth-order valence-corrected chi connectivity index (χ4v) is 6.39. The first-order valence-electron chi connectivity index (χ1n) is 16.6. The van der Waals surface area contributed by atoms with Crippen LogP contribution >= 0.6 is 11.3 Å². The second kappa shape index (κ2) is 15.3. The van der Waals surface area contributed by atoms with Crippen LogP contribution in [-0.4, -0.2) is 76.8 Å². The number of benzene rings is 2. The Morgan fingerprint density at radius 1 is 1.02 bits per heavy atom. The highest BCUT2D eigenvalue weighted by Crippen LogP contribution is 2.36. The van der Waals surface area contributed by atoms with E-state index < -0.39 is 17.6 Å². The van der Waals surface area contributed by atoms with Gasteiger partial charge in [0.15, 0.2) is 5.13 Å². The maximum Gasteiger partial charge on any atom is 0.412 e. The van der Waals surface area contributed by atoms with Gasteiger partial charge in [0.25, 0.3) is 5.91 Å². The third kappa shape index (κ3) is 9.74. The molecule has 2 amide bonds. The summed E-state index contributed by atoms with van der Waals surface area (Å²) in [5, 5.41) is 9.86. The molecule has 2 aliphatic rings. The van der Waals surface area contributed by atoms with Crippen molar-refractivity contribution in [3.63, 3.8) is 0 Å². The highest BCUT2D eigenvalue weighted by molar-refractivity contribution is 7.22. The van der Waals surface area contributed by atoms with Crippen molar-refractivity contribution >= 4 is 50.1 Å². The molecular weight excluding hydrogens is 646 g/mol. The minimum atomic E-state index is -0.658. The maximum absolute atomic E-state index is 13.9. The smallest absolute Gasteiger partial charge is 0.412 e. The molecule has 1 aliphatic carbocycles. The number of fused-ring (bicyclic) bond motifs is 1. The Kier molecular flexibility index (Phi) is 10.7. The lowest BCUT2D eigenvalue weighted by atomic mass is 10.2. The topological polar surface area (TPSA) is 121 Å². The molecule has 0 atom stereocenters. The average Bonchev–Trinajstić information content (AvgIpc) is 3.83. The van der Waals surface area contributed by atoms with Gasteiger partial charge in [-0.2, -0.15) is 0 Å². The normalized spacial score (nSPS) is 14.7. The van der Waals surface area contributed by atoms with Crippen LogP contribution in [0.1, 0.15) is 56.1 Å². The number of amides is 2. The number of anilines is 3. The number of nitrogens with zero attached hydrogens (tertiary/aromatic N) is 4. The molecule has 4 aromatic rings. The lowest BCUT2D eigenvalue weighted by molar-refractivity contribution is 0.0364. The van der Waals surface area contributed by atoms with E-state index in [9.17, 15) is 14.0 Å². The molecule has 0 bridgehead atoms. The number of allylic oxidation sites excluding steroid dienone is 1. The van der Waals surface area contributed by atoms with Gasteiger partial charge in [0.1, 0.15) is 22.9 Å². The molecule has 1 aliphatic heterocycles. The summed E-state index contributed by atoms with van der Waals surface area (Å²) in [4.78, 5) is 39.6. The fraction of sp³-hybridized carbons (Fsp3) is 0.389. The van der Waals surface area contributed by atoms with Gasteiger partial charge in [-0.1, -0.05) is 29.5 Å². The van der Waals surface area contributed by atoms with Gasteiger partial charge in [-0.25, -0.2) is 14.2 Å². The summed E-state index contributed by atoms with van der Waals surface area (Å²) in [5.74, 6) is 0.346. The van der Waals surface area contributed by atoms with Crippen molar-refractivity contribution in [1.29, 1.82) is 0 Å². The zero-order chi connectivity index (χ0) is 34.4. The van der Waals surface area contributed by atoms with E-state index in [2.05, 4.69) is 30.7 Å². The minimum absolute atomic E-state index is 0.246. The van der Waals surface area contributed by atoms with E-state index in [1.54, 1.807) is 63.4 Å². The number of carbonyl (C=O) groups is 2. The molecule has 3 heterocycles. The monoisotopic (exact) mass is 687 g/mol. The second-order valence-electron chi connectivity index (χ2n) is 13.1. The van der Waals surface area contributed by atoms with E-state index in [0.717, 1.165) is 85.4 Å². The molecule has 258 valence electrons. The SMILES string of the molecule is CC(C)(C)OC(=O)Nc1ccccc1NC(=O)c1ccc(CN(CCCN2CCOCC2)C(Nc2nc3ccc(F)cc3s2)=C2CC2)cn1. The molecule has 0 spiro atoms. The molecule has 2 aromatic heterocycles. The van der Waals surface area contributed by atoms with Crippen LogP contribution in [0.25, 0.3) is 10.2 Å². The first kappa shape index (κ1) is 34.3. The quantitative estimate of drug-likeness (QED) is 0.144. The third-order valence-electron chi connectivity index (χ3n) is 7.97. The van der Waals surface area contributed by atoms with Crippen molar-refractivity contribution in [2.24, 2.45) is 0 Å². The van der Waals surface area contributed by atoms with Gasteiger partial charge in [-0.3, -0.25) is 20.0 Å². The predicted octanol–water partition coefficient (Wildman–Crippen LogP) is 7.07. The fourth-order valence-electron chi connectivity index (χ4n) is 5.50. The Morgan fingerprint density at radius 2 is 1.78 bits per heavy atom. The second-order valence-corrected chi connectivity index (χ2v) is 14.1. The summed E-state index contributed by atoms with van der Waals surface area (Å²) in [5.41, 5.74) is 3.46. The van der Waals surface area contributed by atoms with Crippen molar-refractivity contribution in [2.45, 2.75) is 52.2 Å². The van der Waals surface area contributed by atoms with Gasteiger partial charge in [0.2, 0.25) is 0 Å². The lowest BCUT2D eigenvalue weighted by Crippen LogP contribution is -2.38. The third-order valence-corrected chi connectivity index (χ3v) is 8.91. The van der Waals surface area contributed by atoms with Gasteiger partial charge in [0, 0.05) is 38.9 Å². The van der Waals surface area contributed by atoms with Crippen LogP contribution in [0.15, 0.2) is 72.2 Å². The molecule has 6 rings (SSSR count). The molecule has 0 radical (unpaired) electrons. The first-order chi connectivity index (χ1) is 23.6. The molecule has 49 heavy (non-hydrogen) atoms. The predicted molar refractivity (Wildman–Crippen MR) is 190 cm³/mol. The Hall–Kier alpha value is -4.59. The number of carbonyl (C=O) groups excluding carboxylic acids is 2. The summed E-state index contributed by atoms with van der Waals surface area (Å²) in [6.07, 6.45) is 4.07. The summed E-state index contributed by atoms with van der Waals surface area (Å²) >= 11 is 1.44. The standard InChI is InChI=1S/C36H42FN7O4S/c1-36(2,3)48-35(46)41-28-8-5-4-7-27(28)39-33(45)30-13-9-24(22-38-30)23-44(16-6-15-43-17-19-47-20-18-43)32(25-10-11-25)42-34-40-29-14-12-26(37)21-31(29)49-34/h4-5,7-9,12-14,21-22H,6,10-11,15-20,23H2,1-3H3,(H,39,45)(H,40,42)(H,41,46). The molecule has 0 unspecified atom stereocenters. The van der Waals surface area contributed by atoms with Crippen molar-refractivity contribution in [1.82, 2.24) is 19.8 Å². The number of hydrogen-bond donors (Lipinski definition) is 3. The molecule has 2 aromatic carbocycles. The Morgan fingerprint density at radius 3 is 2.47 bits per heavy atom. The zero-order valence-electron chi connectivity index (χ0n) is 28.1. The van der Waals surface area contributed by atoms with Crippen LogP contribution in [-0.2, 0) is 16.0 Å². The van der Waals surface area contributed by atoms with Crippen molar-refractivity contribution in [2.75, 3.05) is 55.3 Å². The maximum atomic E-state index is 13.9. The number of pyridine rings is 1. The van der Waals surface area contributed by atoms with Gasteiger partial charge in [0.05, 0.1) is 34.8 Å². The van der Waals surface area contributed by atoms with Crippen LogP contribution in [0, 0.1) is 5.82 Å². The van der Waals surface area contributed by atoms with Crippen molar-refractivity contribution < 1.29 is 23.5 Å². The molecule has 3 N–H and O–H groups in total. The molecule has 1 saturated carbocycles. The van der Waals surface area contributed by atoms with E-state index in [4.69, 9.17) is 14.5 Å². The molecule has 13 heteroatoms. The van der Waals surface area contributed by atoms with Crippen LogP contribution in [0.5, 0.6) is 0 Å². The number of rotatable bonds is 12. The van der Waals surface area contributed by atoms with E-state index in [1.807, 2.05) is 6.07 Å². The van der Waals surface area contributed by atoms with Crippen LogP contribution in [0.2, 0.25) is 0 Å². The highest BCUT2D eigenvalue weighted by atomic mass is 32.1. The molecule has 2 fully saturated rings. The van der Waals surface area contributed by atoms with Crippen LogP contribution in [0.4, 0.5) is 25.7 Å². The van der Waals surface area contributed by atoms with Gasteiger partial charge < -0.3 is 25.0 Å². The molecule has 1 saturated heterocycles. The van der Waals surface area contributed by atoms with E-state index in [1.165, 1.54) is 29.0 Å². The number of nitrogens with one attached hydrogen (secondary N) is 3. The number of ether oxygens (including phenoxy) is 2. The lowest BCUT2D eigenvalue weighted by Gasteiger charge is -2.30. The van der Waals surface area contributed by atoms with Crippen molar-refractivity contribution in [3.05, 3.63) is 89.3 Å². The number of halogens is 1. The Bertz CT molecular complexity index is 1810. The highest BCUT2D eigenvalue weighted by Gasteiger charge is 2.25. The summed E-state index contributed by atoms with van der Waals surface area (Å²) in [6.45, 7) is 11.1. The number of para-hydroxylation sites is 2. The Labute approximate surface area is 289 Å². The van der Waals surface area contributed by atoms with Gasteiger partial charge in [-0.15, -0.1) is 0 Å². The van der Waals surface area contributed by atoms with Crippen LogP contribution in [0.3, 0.4) is 0 Å². The van der Waals surface area contributed by atoms with Gasteiger partial charge in [-0.05, 0) is 87.6 Å². The van der Waals surface area contributed by atoms with E-state index in [-0.39, 0.29) is 11.5 Å². The van der Waals surface area contributed by atoms with Crippen LogP contribution < -0.4 is 16.0 Å². The van der Waals surface area contributed by atoms with Gasteiger partial charge >= 0.3 is 6.09 Å². The first-order valence-corrected chi connectivity index (χ1v) is 17.4. The largest absolute Gasteiger partial charge is 0.444 e. The number of hydrogen-bond acceptors (Lipinski definition) is 10. The molecule has 11 nitrogen and oxygen atoms in total. The minimum Gasteiger partial charge on any atom is -0.444 e. The summed E-state index contributed by atoms with van der Waals surface area (Å²) in [6, 6.07) is 15.2. The molecular formula is C36H42FN7O4S. The Balaban J connectivity index is 1.15. The number of thiazole rings is 1. The van der Waals surface area contributed by atoms with E-state index in [0.29, 0.717) is 17.9 Å². The van der Waals surface area contributed by atoms with Crippen molar-refractivity contribution in [3.8, 4) is 0 Å². The average molecular weight is 688 g/mol.